The number of carbonyl (C=O) groups is 1. The molecule has 12 heteroatoms. The first-order valence-corrected chi connectivity index (χ1v) is 9.81. The molecule has 2 saturated heterocycles. The summed E-state index contributed by atoms with van der Waals surface area (Å²) >= 11 is 7.23. The van der Waals surface area contributed by atoms with Crippen molar-refractivity contribution in [3.8, 4) is 10.7 Å². The predicted octanol–water partition coefficient (Wildman–Crippen LogP) is 1.61. The molecule has 4 heterocycles. The molecule has 0 aromatic carbocycles. The second kappa shape index (κ2) is 7.32. The Morgan fingerprint density at radius 3 is 2.93 bits per heavy atom. The number of aromatic nitrogens is 4. The third-order valence-electron chi connectivity index (χ3n) is 4.70. The van der Waals surface area contributed by atoms with E-state index in [1.807, 2.05) is 0 Å². The van der Waals surface area contributed by atoms with Crippen LogP contribution in [0.5, 0.6) is 0 Å². The van der Waals surface area contributed by atoms with Crippen LogP contribution < -0.4 is 0 Å². The van der Waals surface area contributed by atoms with Gasteiger partial charge in [-0.3, -0.25) is 0 Å². The number of aliphatic carboxylic acids is 1. The molecule has 4 rings (SSSR count). The molecule has 10 nitrogen and oxygen atoms in total. The Balaban J connectivity index is 1.73. The van der Waals surface area contributed by atoms with Crippen LogP contribution in [0.1, 0.15) is 19.9 Å². The van der Waals surface area contributed by atoms with Crippen molar-refractivity contribution >= 4 is 28.9 Å². The van der Waals surface area contributed by atoms with Crippen molar-refractivity contribution in [2.75, 3.05) is 13.7 Å². The van der Waals surface area contributed by atoms with E-state index in [0.717, 1.165) is 0 Å². The summed E-state index contributed by atoms with van der Waals surface area (Å²) in [6, 6.07) is -0.593. The molecule has 0 bridgehead atoms. The number of methoxy groups -OCH3 is 1. The highest BCUT2D eigenvalue weighted by Gasteiger charge is 2.54. The Labute approximate surface area is 169 Å². The smallest absolute Gasteiger partial charge is 0.335 e. The first-order valence-electron chi connectivity index (χ1n) is 8.55. The average molecular weight is 431 g/mol. The number of hydrogen-bond donors (Lipinski definition) is 1. The Bertz CT molecular complexity index is 873. The number of ether oxygens (including phenoxy) is 4. The molecule has 0 unspecified atom stereocenters. The standard InChI is InChI=1S/C16H19ClN4O6S/c1-16(2)25-5-8-11(27-16)10(12(24-3)13(26-8)15(22)23)21-4-7(19-20-21)14-18-9(17)6-28-14/h4,6,8,10-13H,5H2,1-3H3,(H,22,23)/t8-,10+,11+,12-,13-/m1/s1. The highest BCUT2D eigenvalue weighted by Crippen LogP contribution is 2.39. The number of fused-ring (bicyclic) bond motifs is 1. The third kappa shape index (κ3) is 3.53. The normalized spacial score (nSPS) is 32.1. The SMILES string of the molecule is CO[C@@H]1[C@@H](n2cc(-c3nc(Cl)cs3)nn2)[C@H]2OC(C)(C)OC[C@H]2O[C@H]1C(=O)O. The number of halogens is 1. The minimum Gasteiger partial charge on any atom is -0.479 e. The molecule has 2 aliphatic rings. The molecule has 2 aromatic heterocycles. The maximum Gasteiger partial charge on any atom is 0.335 e. The Morgan fingerprint density at radius 1 is 1.50 bits per heavy atom. The lowest BCUT2D eigenvalue weighted by molar-refractivity contribution is -0.347. The summed E-state index contributed by atoms with van der Waals surface area (Å²) in [6.07, 6.45) is -1.50. The van der Waals surface area contributed by atoms with Crippen molar-refractivity contribution in [2.45, 2.75) is 50.1 Å². The maximum atomic E-state index is 11.8. The fourth-order valence-corrected chi connectivity index (χ4v) is 4.40. The molecular formula is C16H19ClN4O6S. The molecule has 5 atom stereocenters. The second-order valence-corrected chi connectivity index (χ2v) is 8.22. The van der Waals surface area contributed by atoms with Crippen LogP contribution >= 0.6 is 22.9 Å². The number of nitrogens with zero attached hydrogens (tertiary/aromatic N) is 4. The molecule has 0 saturated carbocycles. The van der Waals surface area contributed by atoms with Gasteiger partial charge in [0.05, 0.1) is 12.8 Å². The quantitative estimate of drug-likeness (QED) is 0.771. The largest absolute Gasteiger partial charge is 0.479 e. The summed E-state index contributed by atoms with van der Waals surface area (Å²) in [7, 11) is 1.43. The molecule has 0 amide bonds. The molecule has 0 radical (unpaired) electrons. The maximum absolute atomic E-state index is 11.8. The van der Waals surface area contributed by atoms with Gasteiger partial charge in [-0.25, -0.2) is 14.5 Å². The van der Waals surface area contributed by atoms with E-state index in [1.54, 1.807) is 30.1 Å². The van der Waals surface area contributed by atoms with Crippen LogP contribution in [0.4, 0.5) is 0 Å². The molecule has 28 heavy (non-hydrogen) atoms. The molecule has 2 aliphatic heterocycles. The van der Waals surface area contributed by atoms with Gasteiger partial charge >= 0.3 is 5.97 Å². The molecule has 2 fully saturated rings. The van der Waals surface area contributed by atoms with Crippen molar-refractivity contribution in [1.29, 1.82) is 0 Å². The van der Waals surface area contributed by atoms with Crippen LogP contribution in [0.2, 0.25) is 5.15 Å². The first kappa shape index (κ1) is 19.7. The summed E-state index contributed by atoms with van der Waals surface area (Å²) in [5, 5.41) is 20.7. The highest BCUT2D eigenvalue weighted by atomic mass is 35.5. The Hall–Kier alpha value is -1.63. The van der Waals surface area contributed by atoms with Crippen LogP contribution in [0.15, 0.2) is 11.6 Å². The van der Waals surface area contributed by atoms with E-state index in [1.165, 1.54) is 18.4 Å². The van der Waals surface area contributed by atoms with Gasteiger partial charge in [0.1, 0.15) is 40.2 Å². The van der Waals surface area contributed by atoms with Crippen LogP contribution in [0.3, 0.4) is 0 Å². The van der Waals surface area contributed by atoms with E-state index >= 15 is 0 Å². The van der Waals surface area contributed by atoms with Crippen molar-refractivity contribution in [1.82, 2.24) is 20.0 Å². The van der Waals surface area contributed by atoms with E-state index in [9.17, 15) is 9.90 Å². The van der Waals surface area contributed by atoms with Crippen LogP contribution in [0, 0.1) is 0 Å². The summed E-state index contributed by atoms with van der Waals surface area (Å²) in [5.74, 6) is -1.99. The summed E-state index contributed by atoms with van der Waals surface area (Å²) < 4.78 is 24.5. The molecule has 2 aromatic rings. The monoisotopic (exact) mass is 430 g/mol. The van der Waals surface area contributed by atoms with Gasteiger partial charge in [-0.05, 0) is 13.8 Å². The molecule has 0 aliphatic carbocycles. The first-order chi connectivity index (χ1) is 13.3. The zero-order valence-corrected chi connectivity index (χ0v) is 16.9. The van der Waals surface area contributed by atoms with Crippen LogP contribution in [-0.2, 0) is 23.7 Å². The van der Waals surface area contributed by atoms with E-state index in [4.69, 9.17) is 30.5 Å². The van der Waals surface area contributed by atoms with E-state index < -0.39 is 42.2 Å². The average Bonchev–Trinajstić information content (AvgIpc) is 3.28. The van der Waals surface area contributed by atoms with Gasteiger partial charge in [0.25, 0.3) is 0 Å². The highest BCUT2D eigenvalue weighted by molar-refractivity contribution is 7.13. The van der Waals surface area contributed by atoms with Gasteiger partial charge in [-0.2, -0.15) is 0 Å². The van der Waals surface area contributed by atoms with Gasteiger partial charge in [0.2, 0.25) is 0 Å². The van der Waals surface area contributed by atoms with E-state index in [-0.39, 0.29) is 6.61 Å². The van der Waals surface area contributed by atoms with Crippen molar-refractivity contribution in [2.24, 2.45) is 0 Å². The zero-order chi connectivity index (χ0) is 20.1. The van der Waals surface area contributed by atoms with E-state index in [2.05, 4.69) is 15.3 Å². The van der Waals surface area contributed by atoms with Gasteiger partial charge in [0.15, 0.2) is 11.9 Å². The van der Waals surface area contributed by atoms with Crippen molar-refractivity contribution < 1.29 is 28.8 Å². The zero-order valence-electron chi connectivity index (χ0n) is 15.3. The number of carboxylic acid groups (broad SMARTS) is 1. The van der Waals surface area contributed by atoms with Gasteiger partial charge in [0, 0.05) is 12.5 Å². The predicted molar refractivity (Wildman–Crippen MR) is 97.2 cm³/mol. The minimum atomic E-state index is -1.20. The summed E-state index contributed by atoms with van der Waals surface area (Å²) in [5.41, 5.74) is 0.521. The van der Waals surface area contributed by atoms with Gasteiger partial charge < -0.3 is 24.1 Å². The van der Waals surface area contributed by atoms with Gasteiger partial charge in [-0.15, -0.1) is 16.4 Å². The van der Waals surface area contributed by atoms with Gasteiger partial charge in [-0.1, -0.05) is 16.8 Å². The number of thiazole rings is 1. The molecule has 0 spiro atoms. The fourth-order valence-electron chi connectivity index (χ4n) is 3.51. The number of hydrogen-bond acceptors (Lipinski definition) is 9. The lowest BCUT2D eigenvalue weighted by Crippen LogP contribution is -2.64. The van der Waals surface area contributed by atoms with Crippen LogP contribution in [-0.4, -0.2) is 75.0 Å². The van der Waals surface area contributed by atoms with Crippen molar-refractivity contribution in [3.05, 3.63) is 16.7 Å². The lowest BCUT2D eigenvalue weighted by atomic mass is 9.91. The Kier molecular flexibility index (Phi) is 5.14. The number of rotatable bonds is 4. The number of carboxylic acids is 1. The lowest BCUT2D eigenvalue weighted by Gasteiger charge is -2.50. The van der Waals surface area contributed by atoms with E-state index in [0.29, 0.717) is 15.9 Å². The second-order valence-electron chi connectivity index (χ2n) is 6.98. The van der Waals surface area contributed by atoms with Crippen molar-refractivity contribution in [3.63, 3.8) is 0 Å². The molecule has 152 valence electrons. The third-order valence-corrected chi connectivity index (χ3v) is 5.89. The Morgan fingerprint density at radius 2 is 2.29 bits per heavy atom. The summed E-state index contributed by atoms with van der Waals surface area (Å²) in [4.78, 5) is 16.0. The molecule has 1 N–H and O–H groups in total. The summed E-state index contributed by atoms with van der Waals surface area (Å²) in [6.45, 7) is 3.77. The fraction of sp³-hybridized carbons (Fsp3) is 0.625. The topological polar surface area (TPSA) is 118 Å². The molecular weight excluding hydrogens is 412 g/mol. The minimum absolute atomic E-state index is 0.192. The van der Waals surface area contributed by atoms with Crippen LogP contribution in [0.25, 0.3) is 10.7 Å².